The maximum Gasteiger partial charge on any atom is 0.226 e. The topological polar surface area (TPSA) is 29.5 Å². The SMILES string of the molecule is CCCC(C)C(=O)N(Cc1cccs1)Cc1ccccc1OC. The highest BCUT2D eigenvalue weighted by molar-refractivity contribution is 7.09. The van der Waals surface area contributed by atoms with Gasteiger partial charge in [-0.25, -0.2) is 0 Å². The van der Waals surface area contributed by atoms with Crippen molar-refractivity contribution in [3.8, 4) is 5.75 Å². The first-order chi connectivity index (χ1) is 11.2. The van der Waals surface area contributed by atoms with Crippen molar-refractivity contribution >= 4 is 17.2 Å². The quantitative estimate of drug-likeness (QED) is 0.700. The van der Waals surface area contributed by atoms with Gasteiger partial charge in [-0.2, -0.15) is 0 Å². The molecule has 0 spiro atoms. The van der Waals surface area contributed by atoms with Gasteiger partial charge in [-0.15, -0.1) is 11.3 Å². The van der Waals surface area contributed by atoms with Crippen molar-refractivity contribution in [2.75, 3.05) is 7.11 Å². The zero-order valence-electron chi connectivity index (χ0n) is 14.1. The van der Waals surface area contributed by atoms with Gasteiger partial charge in [-0.05, 0) is 23.9 Å². The Labute approximate surface area is 142 Å². The molecule has 0 N–H and O–H groups in total. The standard InChI is InChI=1S/C19H25NO2S/c1-4-8-15(2)19(21)20(14-17-10-7-12-23-17)13-16-9-5-6-11-18(16)22-3/h5-7,9-12,15H,4,8,13-14H2,1-3H3. The molecule has 0 radical (unpaired) electrons. The van der Waals surface area contributed by atoms with Crippen molar-refractivity contribution in [2.45, 2.75) is 39.8 Å². The molecule has 1 amide bonds. The summed E-state index contributed by atoms with van der Waals surface area (Å²) >= 11 is 1.69. The highest BCUT2D eigenvalue weighted by Gasteiger charge is 2.21. The van der Waals surface area contributed by atoms with Crippen LogP contribution in [-0.2, 0) is 17.9 Å². The maximum absolute atomic E-state index is 12.9. The molecule has 23 heavy (non-hydrogen) atoms. The van der Waals surface area contributed by atoms with E-state index in [-0.39, 0.29) is 11.8 Å². The average Bonchev–Trinajstić information content (AvgIpc) is 3.07. The second-order valence-corrected chi connectivity index (χ2v) is 6.81. The van der Waals surface area contributed by atoms with Crippen LogP contribution in [0.1, 0.15) is 37.1 Å². The van der Waals surface area contributed by atoms with Crippen LogP contribution in [-0.4, -0.2) is 17.9 Å². The smallest absolute Gasteiger partial charge is 0.226 e. The van der Waals surface area contributed by atoms with E-state index in [2.05, 4.69) is 18.4 Å². The monoisotopic (exact) mass is 331 g/mol. The number of carbonyl (C=O) groups excluding carboxylic acids is 1. The van der Waals surface area contributed by atoms with Gasteiger partial charge in [0.25, 0.3) is 0 Å². The van der Waals surface area contributed by atoms with Crippen molar-refractivity contribution in [3.05, 3.63) is 52.2 Å². The molecule has 1 heterocycles. The van der Waals surface area contributed by atoms with Gasteiger partial charge in [0.1, 0.15) is 5.75 Å². The fraction of sp³-hybridized carbons (Fsp3) is 0.421. The average molecular weight is 331 g/mol. The molecule has 1 atom stereocenters. The number of para-hydroxylation sites is 1. The lowest BCUT2D eigenvalue weighted by Crippen LogP contribution is -2.34. The molecular weight excluding hydrogens is 306 g/mol. The van der Waals surface area contributed by atoms with Gasteiger partial charge < -0.3 is 9.64 Å². The van der Waals surface area contributed by atoms with Gasteiger partial charge in [-0.1, -0.05) is 44.5 Å². The van der Waals surface area contributed by atoms with Gasteiger partial charge in [0, 0.05) is 22.9 Å². The summed E-state index contributed by atoms with van der Waals surface area (Å²) in [4.78, 5) is 16.0. The number of rotatable bonds is 8. The van der Waals surface area contributed by atoms with Gasteiger partial charge >= 0.3 is 0 Å². The number of thiophene rings is 1. The van der Waals surface area contributed by atoms with Crippen LogP contribution in [0, 0.1) is 5.92 Å². The number of benzene rings is 1. The number of hydrogen-bond acceptors (Lipinski definition) is 3. The minimum atomic E-state index is 0.0506. The maximum atomic E-state index is 12.9. The highest BCUT2D eigenvalue weighted by Crippen LogP contribution is 2.23. The van der Waals surface area contributed by atoms with Crippen molar-refractivity contribution < 1.29 is 9.53 Å². The predicted octanol–water partition coefficient (Wildman–Crippen LogP) is 4.72. The predicted molar refractivity (Wildman–Crippen MR) is 95.6 cm³/mol. The van der Waals surface area contributed by atoms with E-state index in [4.69, 9.17) is 4.74 Å². The summed E-state index contributed by atoms with van der Waals surface area (Å²) in [5.74, 6) is 1.10. The Morgan fingerprint density at radius 2 is 2.00 bits per heavy atom. The molecule has 124 valence electrons. The molecule has 0 aliphatic carbocycles. The number of nitrogens with zero attached hydrogens (tertiary/aromatic N) is 1. The first kappa shape index (κ1) is 17.5. The zero-order valence-corrected chi connectivity index (χ0v) is 14.9. The third kappa shape index (κ3) is 4.83. The van der Waals surface area contributed by atoms with Crippen molar-refractivity contribution in [1.29, 1.82) is 0 Å². The third-order valence-corrected chi connectivity index (χ3v) is 4.80. The zero-order chi connectivity index (χ0) is 16.7. The molecule has 1 aromatic carbocycles. The highest BCUT2D eigenvalue weighted by atomic mass is 32.1. The molecule has 4 heteroatoms. The van der Waals surface area contributed by atoms with Crippen LogP contribution in [0.4, 0.5) is 0 Å². The van der Waals surface area contributed by atoms with Crippen LogP contribution in [0.3, 0.4) is 0 Å². The Kier molecular flexibility index (Phi) is 6.66. The summed E-state index contributed by atoms with van der Waals surface area (Å²) in [7, 11) is 1.67. The summed E-state index contributed by atoms with van der Waals surface area (Å²) < 4.78 is 5.43. The fourth-order valence-corrected chi connectivity index (χ4v) is 3.43. The molecule has 2 aromatic rings. The molecule has 0 aliphatic rings. The minimum Gasteiger partial charge on any atom is -0.496 e. The molecule has 0 bridgehead atoms. The van der Waals surface area contributed by atoms with Crippen LogP contribution in [0.25, 0.3) is 0 Å². The van der Waals surface area contributed by atoms with Crippen molar-refractivity contribution in [3.63, 3.8) is 0 Å². The largest absolute Gasteiger partial charge is 0.496 e. The molecule has 0 saturated heterocycles. The molecule has 3 nitrogen and oxygen atoms in total. The van der Waals surface area contributed by atoms with Crippen LogP contribution in [0.2, 0.25) is 0 Å². The number of ether oxygens (including phenoxy) is 1. The van der Waals surface area contributed by atoms with E-state index >= 15 is 0 Å². The summed E-state index contributed by atoms with van der Waals surface area (Å²) in [6, 6.07) is 12.0. The molecule has 1 aromatic heterocycles. The Hall–Kier alpha value is -1.81. The summed E-state index contributed by atoms with van der Waals surface area (Å²) in [6.07, 6.45) is 1.94. The van der Waals surface area contributed by atoms with E-state index in [1.807, 2.05) is 42.2 Å². The van der Waals surface area contributed by atoms with E-state index < -0.39 is 0 Å². The molecule has 0 fully saturated rings. The lowest BCUT2D eigenvalue weighted by atomic mass is 10.0. The lowest BCUT2D eigenvalue weighted by Gasteiger charge is -2.26. The summed E-state index contributed by atoms with van der Waals surface area (Å²) in [6.45, 7) is 5.38. The second kappa shape index (κ2) is 8.73. The number of hydrogen-bond donors (Lipinski definition) is 0. The van der Waals surface area contributed by atoms with Gasteiger partial charge in [0.15, 0.2) is 0 Å². The first-order valence-electron chi connectivity index (χ1n) is 8.08. The van der Waals surface area contributed by atoms with E-state index in [0.29, 0.717) is 13.1 Å². The van der Waals surface area contributed by atoms with Gasteiger partial charge in [0.2, 0.25) is 5.91 Å². The second-order valence-electron chi connectivity index (χ2n) is 5.78. The van der Waals surface area contributed by atoms with E-state index in [1.54, 1.807) is 18.4 Å². The van der Waals surface area contributed by atoms with Crippen LogP contribution >= 0.6 is 11.3 Å². The van der Waals surface area contributed by atoms with Crippen molar-refractivity contribution in [2.24, 2.45) is 5.92 Å². The van der Waals surface area contributed by atoms with E-state index in [0.717, 1.165) is 24.2 Å². The molecular formula is C19H25NO2S. The Balaban J connectivity index is 2.20. The fourth-order valence-electron chi connectivity index (χ4n) is 2.71. The summed E-state index contributed by atoms with van der Waals surface area (Å²) in [5, 5.41) is 2.05. The third-order valence-electron chi connectivity index (χ3n) is 3.94. The van der Waals surface area contributed by atoms with E-state index in [9.17, 15) is 4.79 Å². The van der Waals surface area contributed by atoms with Crippen LogP contribution in [0.5, 0.6) is 5.75 Å². The molecule has 1 unspecified atom stereocenters. The first-order valence-corrected chi connectivity index (χ1v) is 8.96. The number of amides is 1. The lowest BCUT2D eigenvalue weighted by molar-refractivity contribution is -0.136. The number of methoxy groups -OCH3 is 1. The Morgan fingerprint density at radius 1 is 1.22 bits per heavy atom. The minimum absolute atomic E-state index is 0.0506. The van der Waals surface area contributed by atoms with Gasteiger partial charge in [0.05, 0.1) is 13.7 Å². The molecule has 0 saturated carbocycles. The van der Waals surface area contributed by atoms with Gasteiger partial charge in [-0.3, -0.25) is 4.79 Å². The van der Waals surface area contributed by atoms with Crippen LogP contribution in [0.15, 0.2) is 41.8 Å². The Morgan fingerprint density at radius 3 is 2.65 bits per heavy atom. The van der Waals surface area contributed by atoms with Crippen molar-refractivity contribution in [1.82, 2.24) is 4.90 Å². The number of carbonyl (C=O) groups is 1. The normalized spacial score (nSPS) is 12.0. The van der Waals surface area contributed by atoms with E-state index in [1.165, 1.54) is 4.88 Å². The molecule has 2 rings (SSSR count). The van der Waals surface area contributed by atoms with Crippen LogP contribution < -0.4 is 4.74 Å². The summed E-state index contributed by atoms with van der Waals surface area (Å²) in [5.41, 5.74) is 1.05. The molecule has 0 aliphatic heterocycles. The Bertz CT molecular complexity index is 610.